The molecule has 0 aliphatic carbocycles. The van der Waals surface area contributed by atoms with Gasteiger partial charge in [-0.3, -0.25) is 4.79 Å². The molecule has 0 atom stereocenters. The summed E-state index contributed by atoms with van der Waals surface area (Å²) in [7, 11) is 3.82. The van der Waals surface area contributed by atoms with E-state index in [1.165, 1.54) is 0 Å². The highest BCUT2D eigenvalue weighted by atomic mass is 16.1. The molecule has 0 amide bonds. The molecule has 0 fully saturated rings. The van der Waals surface area contributed by atoms with Gasteiger partial charge in [-0.05, 0) is 20.0 Å². The van der Waals surface area contributed by atoms with E-state index < -0.39 is 0 Å². The number of nitrogens with one attached hydrogen (secondary N) is 1. The van der Waals surface area contributed by atoms with Crippen molar-refractivity contribution in [2.24, 2.45) is 0 Å². The Kier molecular flexibility index (Phi) is 3.47. The molecule has 0 aromatic carbocycles. The van der Waals surface area contributed by atoms with Crippen molar-refractivity contribution >= 4 is 5.82 Å². The average Bonchev–Trinajstić information content (AvgIpc) is 1.99. The number of H-pyrrole nitrogens is 1. The lowest BCUT2D eigenvalue weighted by Gasteiger charge is -2.12. The van der Waals surface area contributed by atoms with Gasteiger partial charge in [-0.1, -0.05) is 13.8 Å². The van der Waals surface area contributed by atoms with Crippen LogP contribution in [0.3, 0.4) is 0 Å². The first-order valence-corrected chi connectivity index (χ1v) is 4.95. The summed E-state index contributed by atoms with van der Waals surface area (Å²) < 4.78 is 0. The molecule has 0 unspecified atom stereocenters. The zero-order valence-corrected chi connectivity index (χ0v) is 9.66. The summed E-state index contributed by atoms with van der Waals surface area (Å²) in [5.74, 6) is 1.03. The quantitative estimate of drug-likeness (QED) is 0.763. The maximum Gasteiger partial charge on any atom is 0.256 e. The first kappa shape index (κ1) is 11.7. The van der Waals surface area contributed by atoms with E-state index in [2.05, 4.69) is 9.97 Å². The summed E-state index contributed by atoms with van der Waals surface area (Å²) in [5, 5.41) is 0. The minimum Gasteiger partial charge on any atom is -0.383 e. The number of aromatic amines is 1. The molecular formula is C10H18N4O. The van der Waals surface area contributed by atoms with Crippen LogP contribution in [0.5, 0.6) is 0 Å². The van der Waals surface area contributed by atoms with Crippen LogP contribution in [0, 0.1) is 0 Å². The summed E-state index contributed by atoms with van der Waals surface area (Å²) in [6.07, 6.45) is 0. The number of anilines is 1. The second kappa shape index (κ2) is 4.44. The Morgan fingerprint density at radius 1 is 1.47 bits per heavy atom. The molecule has 0 saturated carbocycles. The molecule has 5 heteroatoms. The highest BCUT2D eigenvalue weighted by Gasteiger charge is 2.12. The Hall–Kier alpha value is -1.36. The van der Waals surface area contributed by atoms with Crippen LogP contribution >= 0.6 is 0 Å². The summed E-state index contributed by atoms with van der Waals surface area (Å²) in [5.41, 5.74) is 6.19. The van der Waals surface area contributed by atoms with Crippen molar-refractivity contribution in [1.29, 1.82) is 0 Å². The summed E-state index contributed by atoms with van der Waals surface area (Å²) in [4.78, 5) is 20.5. The fraction of sp³-hybridized carbons (Fsp3) is 0.600. The van der Waals surface area contributed by atoms with Crippen LogP contribution < -0.4 is 11.3 Å². The molecule has 1 rings (SSSR count). The van der Waals surface area contributed by atoms with Crippen molar-refractivity contribution in [3.05, 3.63) is 21.7 Å². The van der Waals surface area contributed by atoms with Gasteiger partial charge in [0.05, 0.1) is 12.1 Å². The lowest BCUT2D eigenvalue weighted by Crippen LogP contribution is -2.23. The van der Waals surface area contributed by atoms with Crippen molar-refractivity contribution in [2.45, 2.75) is 26.3 Å². The molecule has 0 saturated heterocycles. The van der Waals surface area contributed by atoms with Crippen LogP contribution in [-0.4, -0.2) is 29.0 Å². The van der Waals surface area contributed by atoms with Crippen molar-refractivity contribution in [3.63, 3.8) is 0 Å². The van der Waals surface area contributed by atoms with Gasteiger partial charge >= 0.3 is 0 Å². The fourth-order valence-corrected chi connectivity index (χ4v) is 1.48. The molecule has 0 radical (unpaired) electrons. The largest absolute Gasteiger partial charge is 0.383 e. The molecule has 15 heavy (non-hydrogen) atoms. The van der Waals surface area contributed by atoms with Gasteiger partial charge in [0.1, 0.15) is 11.6 Å². The van der Waals surface area contributed by atoms with Crippen LogP contribution in [0.15, 0.2) is 4.79 Å². The smallest absolute Gasteiger partial charge is 0.256 e. The van der Waals surface area contributed by atoms with Gasteiger partial charge in [0.25, 0.3) is 5.56 Å². The zero-order valence-electron chi connectivity index (χ0n) is 9.66. The molecule has 84 valence electrons. The lowest BCUT2D eigenvalue weighted by atomic mass is 10.1. The van der Waals surface area contributed by atoms with E-state index in [0.29, 0.717) is 23.8 Å². The average molecular weight is 210 g/mol. The zero-order chi connectivity index (χ0) is 11.6. The first-order chi connectivity index (χ1) is 6.91. The molecule has 0 spiro atoms. The highest BCUT2D eigenvalue weighted by Crippen LogP contribution is 2.14. The third kappa shape index (κ3) is 2.79. The number of hydrogen-bond donors (Lipinski definition) is 2. The minimum atomic E-state index is -0.130. The second-order valence-electron chi connectivity index (χ2n) is 4.20. The third-order valence-corrected chi connectivity index (χ3v) is 2.08. The first-order valence-electron chi connectivity index (χ1n) is 4.95. The maximum atomic E-state index is 11.7. The van der Waals surface area contributed by atoms with E-state index >= 15 is 0 Å². The van der Waals surface area contributed by atoms with Gasteiger partial charge in [0, 0.05) is 0 Å². The van der Waals surface area contributed by atoms with Gasteiger partial charge < -0.3 is 15.6 Å². The van der Waals surface area contributed by atoms with E-state index in [-0.39, 0.29) is 11.5 Å². The van der Waals surface area contributed by atoms with Crippen molar-refractivity contribution in [1.82, 2.24) is 14.9 Å². The molecule has 1 aromatic heterocycles. The molecule has 1 heterocycles. The van der Waals surface area contributed by atoms with Gasteiger partial charge in [0.2, 0.25) is 0 Å². The SMILES string of the molecule is CC(C)c1c(N)nc(CN(C)C)[nH]c1=O. The normalized spacial score (nSPS) is 11.3. The topological polar surface area (TPSA) is 75.0 Å². The Morgan fingerprint density at radius 3 is 2.47 bits per heavy atom. The predicted molar refractivity (Wildman–Crippen MR) is 60.8 cm³/mol. The Labute approximate surface area is 89.3 Å². The lowest BCUT2D eigenvalue weighted by molar-refractivity contribution is 0.389. The predicted octanol–water partition coefficient (Wildman–Crippen LogP) is 0.537. The molecule has 0 bridgehead atoms. The van der Waals surface area contributed by atoms with Crippen molar-refractivity contribution in [2.75, 3.05) is 19.8 Å². The summed E-state index contributed by atoms with van der Waals surface area (Å²) in [6.45, 7) is 4.43. The summed E-state index contributed by atoms with van der Waals surface area (Å²) >= 11 is 0. The fourth-order valence-electron chi connectivity index (χ4n) is 1.48. The van der Waals surface area contributed by atoms with E-state index in [1.54, 1.807) is 0 Å². The van der Waals surface area contributed by atoms with Gasteiger partial charge in [-0.2, -0.15) is 0 Å². The summed E-state index contributed by atoms with van der Waals surface area (Å²) in [6, 6.07) is 0. The van der Waals surface area contributed by atoms with E-state index in [1.807, 2.05) is 32.8 Å². The second-order valence-corrected chi connectivity index (χ2v) is 4.20. The molecule has 1 aromatic rings. The van der Waals surface area contributed by atoms with Gasteiger partial charge in [-0.15, -0.1) is 0 Å². The number of nitrogens with two attached hydrogens (primary N) is 1. The van der Waals surface area contributed by atoms with Crippen molar-refractivity contribution < 1.29 is 0 Å². The Balaban J connectivity index is 3.14. The third-order valence-electron chi connectivity index (χ3n) is 2.08. The number of nitrogens with zero attached hydrogens (tertiary/aromatic N) is 2. The maximum absolute atomic E-state index is 11.7. The number of rotatable bonds is 3. The molecular weight excluding hydrogens is 192 g/mol. The van der Waals surface area contributed by atoms with E-state index in [4.69, 9.17) is 5.73 Å². The Bertz CT molecular complexity index is 395. The van der Waals surface area contributed by atoms with Crippen molar-refractivity contribution in [3.8, 4) is 0 Å². The van der Waals surface area contributed by atoms with E-state index in [0.717, 1.165) is 0 Å². The van der Waals surface area contributed by atoms with Crippen LogP contribution in [0.1, 0.15) is 31.2 Å². The molecule has 3 N–H and O–H groups in total. The standard InChI is InChI=1S/C10H18N4O/c1-6(2)8-9(11)12-7(5-14(3)4)13-10(8)15/h6H,5H2,1-4H3,(H3,11,12,13,15). The number of hydrogen-bond acceptors (Lipinski definition) is 4. The minimum absolute atomic E-state index is 0.0923. The van der Waals surface area contributed by atoms with Crippen LogP contribution in [0.25, 0.3) is 0 Å². The number of nitrogen functional groups attached to an aromatic ring is 1. The van der Waals surface area contributed by atoms with Gasteiger partial charge in [-0.25, -0.2) is 4.98 Å². The van der Waals surface area contributed by atoms with E-state index in [9.17, 15) is 4.79 Å². The molecule has 0 aliphatic heterocycles. The van der Waals surface area contributed by atoms with Crippen LogP contribution in [0.4, 0.5) is 5.82 Å². The van der Waals surface area contributed by atoms with Gasteiger partial charge in [0.15, 0.2) is 0 Å². The highest BCUT2D eigenvalue weighted by molar-refractivity contribution is 5.39. The monoisotopic (exact) mass is 210 g/mol. The number of aromatic nitrogens is 2. The Morgan fingerprint density at radius 2 is 2.07 bits per heavy atom. The molecule has 5 nitrogen and oxygen atoms in total. The van der Waals surface area contributed by atoms with Crippen LogP contribution in [0.2, 0.25) is 0 Å². The molecule has 0 aliphatic rings. The van der Waals surface area contributed by atoms with Crippen LogP contribution in [-0.2, 0) is 6.54 Å².